The summed E-state index contributed by atoms with van der Waals surface area (Å²) in [6, 6.07) is 5.68. The van der Waals surface area contributed by atoms with Crippen molar-refractivity contribution in [3.8, 4) is 0 Å². The van der Waals surface area contributed by atoms with Crippen molar-refractivity contribution in [1.82, 2.24) is 0 Å². The summed E-state index contributed by atoms with van der Waals surface area (Å²) < 4.78 is 5.37. The lowest BCUT2D eigenvalue weighted by Gasteiger charge is -2.29. The third-order valence-corrected chi connectivity index (χ3v) is 3.56. The quantitative estimate of drug-likeness (QED) is 0.843. The third-order valence-electron chi connectivity index (χ3n) is 3.26. The highest BCUT2D eigenvalue weighted by Gasteiger charge is 2.17. The summed E-state index contributed by atoms with van der Waals surface area (Å²) in [5, 5.41) is 0.722. The molecule has 1 fully saturated rings. The van der Waals surface area contributed by atoms with Gasteiger partial charge in [0.25, 0.3) is 0 Å². The van der Waals surface area contributed by atoms with E-state index >= 15 is 0 Å². The predicted octanol–water partition coefficient (Wildman–Crippen LogP) is 2.79. The highest BCUT2D eigenvalue weighted by atomic mass is 35.5. The molecule has 0 bridgehead atoms. The van der Waals surface area contributed by atoms with Crippen LogP contribution in [0.3, 0.4) is 0 Å². The van der Waals surface area contributed by atoms with Crippen LogP contribution in [0.5, 0.6) is 0 Å². The molecule has 0 atom stereocenters. The van der Waals surface area contributed by atoms with E-state index in [4.69, 9.17) is 22.1 Å². The minimum Gasteiger partial charge on any atom is -0.399 e. The lowest BCUT2D eigenvalue weighted by molar-refractivity contribution is 0.0685. The van der Waals surface area contributed by atoms with Crippen molar-refractivity contribution in [2.45, 2.75) is 12.8 Å². The highest BCUT2D eigenvalue weighted by molar-refractivity contribution is 6.33. The Bertz CT molecular complexity index is 378. The molecule has 0 aliphatic carbocycles. The van der Waals surface area contributed by atoms with Gasteiger partial charge in [-0.3, -0.25) is 0 Å². The van der Waals surface area contributed by atoms with Crippen molar-refractivity contribution in [1.29, 1.82) is 0 Å². The molecule has 1 aliphatic heterocycles. The fourth-order valence-electron chi connectivity index (χ4n) is 2.25. The van der Waals surface area contributed by atoms with Gasteiger partial charge in [0.05, 0.1) is 10.7 Å². The first-order valence-corrected chi connectivity index (χ1v) is 6.38. The molecule has 1 heterocycles. The SMILES string of the molecule is CN(CC1CCOCC1)c1ccc(N)cc1Cl. The smallest absolute Gasteiger partial charge is 0.0659 e. The van der Waals surface area contributed by atoms with E-state index < -0.39 is 0 Å². The standard InChI is InChI=1S/C13H19ClN2O/c1-16(9-10-4-6-17-7-5-10)13-3-2-11(15)8-12(13)14/h2-3,8,10H,4-7,9,15H2,1H3. The number of nitrogens with zero attached hydrogens (tertiary/aromatic N) is 1. The van der Waals surface area contributed by atoms with Crippen LogP contribution in [0.1, 0.15) is 12.8 Å². The van der Waals surface area contributed by atoms with E-state index in [0.29, 0.717) is 11.6 Å². The summed E-state index contributed by atoms with van der Waals surface area (Å²) >= 11 is 6.20. The van der Waals surface area contributed by atoms with Crippen molar-refractivity contribution in [2.24, 2.45) is 5.92 Å². The molecule has 0 aromatic heterocycles. The summed E-state index contributed by atoms with van der Waals surface area (Å²) in [5.41, 5.74) is 7.45. The first kappa shape index (κ1) is 12.5. The number of benzene rings is 1. The van der Waals surface area contributed by atoms with Crippen LogP contribution in [0.15, 0.2) is 18.2 Å². The minimum absolute atomic E-state index is 0.697. The molecule has 1 aromatic rings. The van der Waals surface area contributed by atoms with E-state index in [2.05, 4.69) is 11.9 Å². The van der Waals surface area contributed by atoms with Gasteiger partial charge in [0, 0.05) is 32.5 Å². The molecule has 0 amide bonds. The summed E-state index contributed by atoms with van der Waals surface area (Å²) in [7, 11) is 2.08. The lowest BCUT2D eigenvalue weighted by Crippen LogP contribution is -2.29. The molecular formula is C13H19ClN2O. The topological polar surface area (TPSA) is 38.5 Å². The van der Waals surface area contributed by atoms with Crippen molar-refractivity contribution in [3.63, 3.8) is 0 Å². The van der Waals surface area contributed by atoms with E-state index in [1.54, 1.807) is 6.07 Å². The van der Waals surface area contributed by atoms with Crippen molar-refractivity contribution in [2.75, 3.05) is 37.4 Å². The molecule has 0 unspecified atom stereocenters. The summed E-state index contributed by atoms with van der Waals surface area (Å²) in [6.07, 6.45) is 2.27. The molecule has 4 heteroatoms. The Labute approximate surface area is 107 Å². The normalized spacial score (nSPS) is 17.1. The number of nitrogens with two attached hydrogens (primary N) is 1. The van der Waals surface area contributed by atoms with Gasteiger partial charge in [-0.05, 0) is 37.0 Å². The van der Waals surface area contributed by atoms with Crippen LogP contribution in [-0.4, -0.2) is 26.8 Å². The highest BCUT2D eigenvalue weighted by Crippen LogP contribution is 2.28. The lowest BCUT2D eigenvalue weighted by atomic mass is 10.00. The molecule has 0 spiro atoms. The number of hydrogen-bond acceptors (Lipinski definition) is 3. The van der Waals surface area contributed by atoms with Crippen LogP contribution in [-0.2, 0) is 4.74 Å². The number of halogens is 1. The summed E-state index contributed by atoms with van der Waals surface area (Å²) in [4.78, 5) is 2.21. The van der Waals surface area contributed by atoms with Gasteiger partial charge in [0.15, 0.2) is 0 Å². The number of nitrogen functional groups attached to an aromatic ring is 1. The van der Waals surface area contributed by atoms with Gasteiger partial charge in [-0.15, -0.1) is 0 Å². The predicted molar refractivity (Wildman–Crippen MR) is 72.7 cm³/mol. The van der Waals surface area contributed by atoms with Crippen LogP contribution in [0, 0.1) is 5.92 Å². The van der Waals surface area contributed by atoms with Crippen LogP contribution >= 0.6 is 11.6 Å². The monoisotopic (exact) mass is 254 g/mol. The number of rotatable bonds is 3. The van der Waals surface area contributed by atoms with Gasteiger partial charge >= 0.3 is 0 Å². The Morgan fingerprint density at radius 1 is 1.41 bits per heavy atom. The Balaban J connectivity index is 2.00. The van der Waals surface area contributed by atoms with E-state index in [0.717, 1.165) is 43.3 Å². The second-order valence-electron chi connectivity index (χ2n) is 4.65. The van der Waals surface area contributed by atoms with Crippen molar-refractivity contribution in [3.05, 3.63) is 23.2 Å². The first-order chi connectivity index (χ1) is 8.16. The third kappa shape index (κ3) is 3.27. The zero-order valence-corrected chi connectivity index (χ0v) is 10.9. The van der Waals surface area contributed by atoms with E-state index in [-0.39, 0.29) is 0 Å². The van der Waals surface area contributed by atoms with Crippen molar-refractivity contribution >= 4 is 23.0 Å². The fourth-order valence-corrected chi connectivity index (χ4v) is 2.58. The average molecular weight is 255 g/mol. The molecular weight excluding hydrogens is 236 g/mol. The molecule has 3 nitrogen and oxygen atoms in total. The van der Waals surface area contributed by atoms with Gasteiger partial charge in [-0.1, -0.05) is 11.6 Å². The Morgan fingerprint density at radius 2 is 2.12 bits per heavy atom. The fraction of sp³-hybridized carbons (Fsp3) is 0.538. The molecule has 17 heavy (non-hydrogen) atoms. The molecule has 1 aliphatic rings. The number of hydrogen-bond donors (Lipinski definition) is 1. The second kappa shape index (κ2) is 5.61. The Hall–Kier alpha value is -0.930. The molecule has 0 radical (unpaired) electrons. The van der Waals surface area contributed by atoms with Crippen LogP contribution in [0.2, 0.25) is 5.02 Å². The minimum atomic E-state index is 0.697. The Kier molecular flexibility index (Phi) is 4.13. The zero-order chi connectivity index (χ0) is 12.3. The number of anilines is 2. The van der Waals surface area contributed by atoms with E-state index in [1.165, 1.54) is 0 Å². The van der Waals surface area contributed by atoms with Gasteiger partial charge in [0.1, 0.15) is 0 Å². The van der Waals surface area contributed by atoms with Gasteiger partial charge < -0.3 is 15.4 Å². The molecule has 1 aromatic carbocycles. The Morgan fingerprint density at radius 3 is 2.76 bits per heavy atom. The zero-order valence-electron chi connectivity index (χ0n) is 10.2. The average Bonchev–Trinajstić information content (AvgIpc) is 2.30. The van der Waals surface area contributed by atoms with Gasteiger partial charge in [-0.2, -0.15) is 0 Å². The molecule has 94 valence electrons. The van der Waals surface area contributed by atoms with Gasteiger partial charge in [0.2, 0.25) is 0 Å². The molecule has 0 saturated carbocycles. The van der Waals surface area contributed by atoms with E-state index in [9.17, 15) is 0 Å². The van der Waals surface area contributed by atoms with Crippen LogP contribution in [0.25, 0.3) is 0 Å². The van der Waals surface area contributed by atoms with Crippen LogP contribution in [0.4, 0.5) is 11.4 Å². The molecule has 1 saturated heterocycles. The first-order valence-electron chi connectivity index (χ1n) is 6.00. The largest absolute Gasteiger partial charge is 0.399 e. The molecule has 2 rings (SSSR count). The van der Waals surface area contributed by atoms with Crippen LogP contribution < -0.4 is 10.6 Å². The summed E-state index contributed by atoms with van der Waals surface area (Å²) in [6.45, 7) is 2.79. The number of ether oxygens (including phenoxy) is 1. The summed E-state index contributed by atoms with van der Waals surface area (Å²) in [5.74, 6) is 0.697. The van der Waals surface area contributed by atoms with Crippen molar-refractivity contribution < 1.29 is 4.74 Å². The maximum absolute atomic E-state index is 6.20. The van der Waals surface area contributed by atoms with E-state index in [1.807, 2.05) is 12.1 Å². The van der Waals surface area contributed by atoms with Gasteiger partial charge in [-0.25, -0.2) is 0 Å². The maximum atomic E-state index is 6.20. The molecule has 2 N–H and O–H groups in total. The maximum Gasteiger partial charge on any atom is 0.0659 e. The second-order valence-corrected chi connectivity index (χ2v) is 5.05.